The molecule has 1 unspecified atom stereocenters. The summed E-state index contributed by atoms with van der Waals surface area (Å²) in [6, 6.07) is 0.251. The van der Waals surface area contributed by atoms with Crippen molar-refractivity contribution >= 4 is 0 Å². The lowest BCUT2D eigenvalue weighted by Crippen LogP contribution is -2.58. The number of hydrazine groups is 1. The molecular weight excluding hydrogens is 198 g/mol. The van der Waals surface area contributed by atoms with Crippen molar-refractivity contribution in [1.29, 1.82) is 0 Å². The fraction of sp³-hybridized carbons (Fsp3) is 0.846. The van der Waals surface area contributed by atoms with Crippen molar-refractivity contribution in [2.45, 2.75) is 57.5 Å². The minimum Gasteiger partial charge on any atom is -0.302 e. The fourth-order valence-electron chi connectivity index (χ4n) is 2.32. The molecule has 1 atom stereocenters. The Morgan fingerprint density at radius 3 is 2.56 bits per heavy atom. The number of rotatable bonds is 4. The zero-order valence-corrected chi connectivity index (χ0v) is 11.2. The van der Waals surface area contributed by atoms with Crippen molar-refractivity contribution < 1.29 is 0 Å². The summed E-state index contributed by atoms with van der Waals surface area (Å²) in [6.07, 6.45) is 8.75. The second kappa shape index (κ2) is 5.80. The van der Waals surface area contributed by atoms with E-state index in [1.165, 1.54) is 37.7 Å². The molecule has 3 nitrogen and oxygen atoms in total. The van der Waals surface area contributed by atoms with E-state index in [0.29, 0.717) is 0 Å². The SMILES string of the molecule is CN(C)C(C)(C)C(NN)C1=CCCCCC1. The summed E-state index contributed by atoms with van der Waals surface area (Å²) in [6.45, 7) is 4.48. The molecule has 1 aliphatic carbocycles. The lowest BCUT2D eigenvalue weighted by Gasteiger charge is -2.41. The van der Waals surface area contributed by atoms with Gasteiger partial charge in [0.15, 0.2) is 0 Å². The molecule has 0 saturated carbocycles. The van der Waals surface area contributed by atoms with Gasteiger partial charge in [0, 0.05) is 5.54 Å². The molecule has 3 heteroatoms. The van der Waals surface area contributed by atoms with Crippen molar-refractivity contribution in [3.8, 4) is 0 Å². The molecule has 0 aromatic heterocycles. The van der Waals surface area contributed by atoms with Crippen LogP contribution in [0.2, 0.25) is 0 Å². The minimum absolute atomic E-state index is 0.0466. The normalized spacial score (nSPS) is 20.5. The quantitative estimate of drug-likeness (QED) is 0.437. The number of likely N-dealkylation sites (N-methyl/N-ethyl adjacent to an activating group) is 1. The Kier molecular flexibility index (Phi) is 4.96. The van der Waals surface area contributed by atoms with Crippen LogP contribution in [0.25, 0.3) is 0 Å². The van der Waals surface area contributed by atoms with Gasteiger partial charge >= 0.3 is 0 Å². The predicted molar refractivity (Wildman–Crippen MR) is 70.0 cm³/mol. The van der Waals surface area contributed by atoms with Crippen molar-refractivity contribution in [3.05, 3.63) is 11.6 Å². The molecule has 0 aromatic rings. The molecule has 0 fully saturated rings. The molecule has 0 bridgehead atoms. The summed E-state index contributed by atoms with van der Waals surface area (Å²) in [7, 11) is 4.23. The van der Waals surface area contributed by atoms with Gasteiger partial charge in [-0.1, -0.05) is 18.1 Å². The predicted octanol–water partition coefficient (Wildman–Crippen LogP) is 2.05. The highest BCUT2D eigenvalue weighted by Gasteiger charge is 2.33. The standard InChI is InChI=1S/C13H27N3/c1-13(2,16(3)4)12(15-14)11-9-7-5-6-8-10-11/h9,12,15H,5-8,10,14H2,1-4H3. The van der Waals surface area contributed by atoms with E-state index in [1.807, 2.05) is 0 Å². The van der Waals surface area contributed by atoms with Gasteiger partial charge < -0.3 is 4.90 Å². The molecule has 1 aliphatic rings. The third-order valence-corrected chi connectivity index (χ3v) is 3.97. The van der Waals surface area contributed by atoms with Gasteiger partial charge in [-0.3, -0.25) is 11.3 Å². The van der Waals surface area contributed by atoms with Gasteiger partial charge in [0.2, 0.25) is 0 Å². The first-order chi connectivity index (χ1) is 7.50. The van der Waals surface area contributed by atoms with Crippen molar-refractivity contribution in [1.82, 2.24) is 10.3 Å². The Balaban J connectivity index is 2.83. The van der Waals surface area contributed by atoms with Crippen LogP contribution in [0.1, 0.15) is 46.0 Å². The van der Waals surface area contributed by atoms with Crippen molar-refractivity contribution in [2.75, 3.05) is 14.1 Å². The molecular formula is C13H27N3. The van der Waals surface area contributed by atoms with Gasteiger partial charge in [0.05, 0.1) is 6.04 Å². The number of nitrogens with two attached hydrogens (primary N) is 1. The summed E-state index contributed by atoms with van der Waals surface area (Å²) < 4.78 is 0. The van der Waals surface area contributed by atoms with E-state index in [4.69, 9.17) is 5.84 Å². The average Bonchev–Trinajstić information content (AvgIpc) is 2.47. The molecule has 3 N–H and O–H groups in total. The number of allylic oxidation sites excluding steroid dienone is 1. The number of hydrogen-bond acceptors (Lipinski definition) is 3. The molecule has 0 saturated heterocycles. The Bertz CT molecular complexity index is 244. The lowest BCUT2D eigenvalue weighted by atomic mass is 9.85. The van der Waals surface area contributed by atoms with Crippen LogP contribution in [0.3, 0.4) is 0 Å². The third kappa shape index (κ3) is 3.06. The minimum atomic E-state index is 0.0466. The van der Waals surface area contributed by atoms with Crippen molar-refractivity contribution in [2.24, 2.45) is 5.84 Å². The van der Waals surface area contributed by atoms with Crippen LogP contribution in [0.4, 0.5) is 0 Å². The van der Waals surface area contributed by atoms with E-state index in [2.05, 4.69) is 44.3 Å². The van der Waals surface area contributed by atoms with E-state index in [0.717, 1.165) is 0 Å². The number of hydrogen-bond donors (Lipinski definition) is 2. The summed E-state index contributed by atoms with van der Waals surface area (Å²) in [5, 5.41) is 0. The van der Waals surface area contributed by atoms with E-state index >= 15 is 0 Å². The lowest BCUT2D eigenvalue weighted by molar-refractivity contribution is 0.152. The molecule has 0 aliphatic heterocycles. The van der Waals surface area contributed by atoms with E-state index in [9.17, 15) is 0 Å². The number of nitrogens with one attached hydrogen (secondary N) is 1. The van der Waals surface area contributed by atoms with E-state index in [-0.39, 0.29) is 11.6 Å². The monoisotopic (exact) mass is 225 g/mol. The molecule has 0 amide bonds. The molecule has 0 heterocycles. The Morgan fingerprint density at radius 2 is 2.00 bits per heavy atom. The molecule has 0 spiro atoms. The van der Waals surface area contributed by atoms with Crippen LogP contribution < -0.4 is 11.3 Å². The Hall–Kier alpha value is -0.380. The van der Waals surface area contributed by atoms with E-state index in [1.54, 1.807) is 0 Å². The Labute approximate surface area is 100 Å². The largest absolute Gasteiger partial charge is 0.302 e. The molecule has 0 radical (unpaired) electrons. The maximum atomic E-state index is 5.76. The molecule has 94 valence electrons. The maximum Gasteiger partial charge on any atom is 0.0598 e. The molecule has 1 rings (SSSR count). The van der Waals surface area contributed by atoms with Crippen LogP contribution in [-0.4, -0.2) is 30.6 Å². The summed E-state index contributed by atoms with van der Waals surface area (Å²) >= 11 is 0. The first kappa shape index (κ1) is 13.7. The molecule has 0 aromatic carbocycles. The third-order valence-electron chi connectivity index (χ3n) is 3.97. The van der Waals surface area contributed by atoms with Crippen LogP contribution in [-0.2, 0) is 0 Å². The van der Waals surface area contributed by atoms with E-state index < -0.39 is 0 Å². The summed E-state index contributed by atoms with van der Waals surface area (Å²) in [5.41, 5.74) is 4.54. The second-order valence-electron chi connectivity index (χ2n) is 5.53. The number of nitrogens with zero attached hydrogens (tertiary/aromatic N) is 1. The highest BCUT2D eigenvalue weighted by Crippen LogP contribution is 2.27. The van der Waals surface area contributed by atoms with Crippen LogP contribution in [0.15, 0.2) is 11.6 Å². The van der Waals surface area contributed by atoms with Crippen LogP contribution in [0.5, 0.6) is 0 Å². The fourth-order valence-corrected chi connectivity index (χ4v) is 2.32. The van der Waals surface area contributed by atoms with Gasteiger partial charge in [0.1, 0.15) is 0 Å². The van der Waals surface area contributed by atoms with Gasteiger partial charge in [-0.25, -0.2) is 0 Å². The van der Waals surface area contributed by atoms with Crippen molar-refractivity contribution in [3.63, 3.8) is 0 Å². The topological polar surface area (TPSA) is 41.3 Å². The summed E-state index contributed by atoms with van der Waals surface area (Å²) in [4.78, 5) is 2.24. The zero-order valence-electron chi connectivity index (χ0n) is 11.2. The average molecular weight is 225 g/mol. The highest BCUT2D eigenvalue weighted by atomic mass is 15.3. The smallest absolute Gasteiger partial charge is 0.0598 e. The molecule has 16 heavy (non-hydrogen) atoms. The zero-order chi connectivity index (χ0) is 12.2. The van der Waals surface area contributed by atoms with Gasteiger partial charge in [0.25, 0.3) is 0 Å². The maximum absolute atomic E-state index is 5.76. The van der Waals surface area contributed by atoms with Gasteiger partial charge in [-0.2, -0.15) is 0 Å². The van der Waals surface area contributed by atoms with Crippen LogP contribution >= 0.6 is 0 Å². The summed E-state index contributed by atoms with van der Waals surface area (Å²) in [5.74, 6) is 5.76. The first-order valence-electron chi connectivity index (χ1n) is 6.32. The second-order valence-corrected chi connectivity index (χ2v) is 5.53. The first-order valence-corrected chi connectivity index (χ1v) is 6.32. The highest BCUT2D eigenvalue weighted by molar-refractivity contribution is 5.18. The Morgan fingerprint density at radius 1 is 1.31 bits per heavy atom. The van der Waals surface area contributed by atoms with Gasteiger partial charge in [-0.15, -0.1) is 0 Å². The van der Waals surface area contributed by atoms with Gasteiger partial charge in [-0.05, 0) is 53.6 Å². The van der Waals surface area contributed by atoms with Crippen LogP contribution in [0, 0.1) is 0 Å².